The Morgan fingerprint density at radius 2 is 2.11 bits per heavy atom. The zero-order valence-corrected chi connectivity index (χ0v) is 11.1. The van der Waals surface area contributed by atoms with Crippen LogP contribution in [0, 0.1) is 5.41 Å². The van der Waals surface area contributed by atoms with Gasteiger partial charge in [0.2, 0.25) is 0 Å². The minimum Gasteiger partial charge on any atom is -0.382 e. The van der Waals surface area contributed by atoms with Gasteiger partial charge in [0.05, 0.1) is 5.02 Å². The van der Waals surface area contributed by atoms with E-state index in [1.807, 2.05) is 36.4 Å². The summed E-state index contributed by atoms with van der Waals surface area (Å²) in [5.41, 5.74) is 6.98. The molecule has 92 valence electrons. The van der Waals surface area contributed by atoms with Crippen molar-refractivity contribution in [2.24, 2.45) is 5.73 Å². The Kier molecular flexibility index (Phi) is 4.23. The minimum absolute atomic E-state index is 0.0143. The van der Waals surface area contributed by atoms with Gasteiger partial charge in [0, 0.05) is 16.8 Å². The van der Waals surface area contributed by atoms with Gasteiger partial charge in [0.15, 0.2) is 0 Å². The number of nitrogens with zero attached hydrogens (tertiary/aromatic N) is 1. The van der Waals surface area contributed by atoms with Gasteiger partial charge in [-0.2, -0.15) is 0 Å². The molecule has 1 heterocycles. The summed E-state index contributed by atoms with van der Waals surface area (Å²) < 4.78 is 0. The minimum atomic E-state index is -0.0143. The fourth-order valence-electron chi connectivity index (χ4n) is 1.43. The highest BCUT2D eigenvalue weighted by Gasteiger charge is 2.03. The molecule has 5 heteroatoms. The van der Waals surface area contributed by atoms with Gasteiger partial charge < -0.3 is 5.73 Å². The van der Waals surface area contributed by atoms with Gasteiger partial charge in [-0.1, -0.05) is 23.7 Å². The number of hydrogen-bond donors (Lipinski definition) is 2. The zero-order valence-electron chi connectivity index (χ0n) is 9.56. The molecule has 0 spiro atoms. The van der Waals surface area contributed by atoms with E-state index in [1.165, 1.54) is 0 Å². The van der Waals surface area contributed by atoms with Crippen LogP contribution in [0.15, 0.2) is 47.5 Å². The largest absolute Gasteiger partial charge is 0.382 e. The lowest BCUT2D eigenvalue weighted by atomic mass is 10.2. The molecule has 2 aromatic rings. The van der Waals surface area contributed by atoms with Gasteiger partial charge in [-0.25, -0.2) is 0 Å². The average molecular weight is 278 g/mol. The summed E-state index contributed by atoms with van der Waals surface area (Å²) in [4.78, 5) is 5.07. The number of amidine groups is 1. The standard InChI is InChI=1S/C13H12ClN3S/c14-10-3-1-2-4-12(10)18-8-9-5-6-17-11(7-9)13(15)16/h1-7H,8H2,(H3,15,16). The van der Waals surface area contributed by atoms with Gasteiger partial charge in [-0.3, -0.25) is 10.4 Å². The molecule has 0 amide bonds. The summed E-state index contributed by atoms with van der Waals surface area (Å²) in [7, 11) is 0. The second-order valence-corrected chi connectivity index (χ2v) is 5.11. The molecule has 18 heavy (non-hydrogen) atoms. The topological polar surface area (TPSA) is 62.8 Å². The molecule has 0 saturated carbocycles. The molecule has 1 aromatic heterocycles. The van der Waals surface area contributed by atoms with Crippen LogP contribution in [-0.2, 0) is 5.75 Å². The highest BCUT2D eigenvalue weighted by molar-refractivity contribution is 7.98. The summed E-state index contributed by atoms with van der Waals surface area (Å²) in [6.45, 7) is 0. The number of nitrogen functional groups attached to an aromatic ring is 1. The normalized spacial score (nSPS) is 10.3. The quantitative estimate of drug-likeness (QED) is 0.512. The Morgan fingerprint density at radius 1 is 1.33 bits per heavy atom. The van der Waals surface area contributed by atoms with Crippen molar-refractivity contribution in [1.29, 1.82) is 5.41 Å². The molecule has 0 unspecified atom stereocenters. The van der Waals surface area contributed by atoms with Crippen molar-refractivity contribution >= 4 is 29.2 Å². The van der Waals surface area contributed by atoms with Crippen LogP contribution in [-0.4, -0.2) is 10.8 Å². The number of benzene rings is 1. The molecule has 3 nitrogen and oxygen atoms in total. The Labute approximate surface area is 115 Å². The molecule has 0 aliphatic carbocycles. The predicted molar refractivity (Wildman–Crippen MR) is 76.3 cm³/mol. The Balaban J connectivity index is 2.09. The van der Waals surface area contributed by atoms with Crippen molar-refractivity contribution in [3.63, 3.8) is 0 Å². The molecule has 0 aliphatic heterocycles. The van der Waals surface area contributed by atoms with Gasteiger partial charge in [0.25, 0.3) is 0 Å². The average Bonchev–Trinajstić information content (AvgIpc) is 2.38. The van der Waals surface area contributed by atoms with Crippen LogP contribution in [0.1, 0.15) is 11.3 Å². The Morgan fingerprint density at radius 3 is 2.83 bits per heavy atom. The fourth-order valence-corrected chi connectivity index (χ4v) is 2.62. The van der Waals surface area contributed by atoms with E-state index < -0.39 is 0 Å². The maximum atomic E-state index is 7.35. The summed E-state index contributed by atoms with van der Waals surface area (Å²) in [6, 6.07) is 11.5. The van der Waals surface area contributed by atoms with E-state index in [9.17, 15) is 0 Å². The number of nitrogens with one attached hydrogen (secondary N) is 1. The van der Waals surface area contributed by atoms with Crippen molar-refractivity contribution in [2.45, 2.75) is 10.6 Å². The van der Waals surface area contributed by atoms with Crippen molar-refractivity contribution in [1.82, 2.24) is 4.98 Å². The molecule has 0 atom stereocenters. The SMILES string of the molecule is N=C(N)c1cc(CSc2ccccc2Cl)ccn1. The van der Waals surface area contributed by atoms with E-state index >= 15 is 0 Å². The lowest BCUT2D eigenvalue weighted by Gasteiger charge is -2.05. The number of hydrogen-bond acceptors (Lipinski definition) is 3. The first-order valence-electron chi connectivity index (χ1n) is 5.33. The number of rotatable bonds is 4. The van der Waals surface area contributed by atoms with Gasteiger partial charge in [-0.05, 0) is 29.8 Å². The van der Waals surface area contributed by atoms with E-state index in [0.29, 0.717) is 5.69 Å². The van der Waals surface area contributed by atoms with Gasteiger partial charge >= 0.3 is 0 Å². The molecular formula is C13H12ClN3S. The second-order valence-electron chi connectivity index (χ2n) is 3.68. The Bertz CT molecular complexity index is 572. The van der Waals surface area contributed by atoms with Crippen LogP contribution in [0.5, 0.6) is 0 Å². The van der Waals surface area contributed by atoms with E-state index in [1.54, 1.807) is 18.0 Å². The molecule has 0 aliphatic rings. The number of pyridine rings is 1. The van der Waals surface area contributed by atoms with Crippen LogP contribution < -0.4 is 5.73 Å². The van der Waals surface area contributed by atoms with E-state index in [2.05, 4.69) is 4.98 Å². The second kappa shape index (κ2) is 5.89. The molecule has 3 N–H and O–H groups in total. The summed E-state index contributed by atoms with van der Waals surface area (Å²) >= 11 is 7.73. The number of thioether (sulfide) groups is 1. The molecule has 0 saturated heterocycles. The van der Waals surface area contributed by atoms with Crippen LogP contribution in [0.2, 0.25) is 5.02 Å². The van der Waals surface area contributed by atoms with Crippen molar-refractivity contribution in [2.75, 3.05) is 0 Å². The third-order valence-electron chi connectivity index (χ3n) is 2.33. The fraction of sp³-hybridized carbons (Fsp3) is 0.0769. The van der Waals surface area contributed by atoms with Crippen LogP contribution in [0.3, 0.4) is 0 Å². The summed E-state index contributed by atoms with van der Waals surface area (Å²) in [6.07, 6.45) is 1.67. The number of nitrogens with two attached hydrogens (primary N) is 1. The van der Waals surface area contributed by atoms with E-state index in [0.717, 1.165) is 21.2 Å². The molecular weight excluding hydrogens is 266 g/mol. The lowest BCUT2D eigenvalue weighted by Crippen LogP contribution is -2.13. The highest BCUT2D eigenvalue weighted by Crippen LogP contribution is 2.29. The van der Waals surface area contributed by atoms with E-state index in [-0.39, 0.29) is 5.84 Å². The Hall–Kier alpha value is -1.52. The molecule has 0 fully saturated rings. The van der Waals surface area contributed by atoms with Gasteiger partial charge in [-0.15, -0.1) is 11.8 Å². The van der Waals surface area contributed by atoms with E-state index in [4.69, 9.17) is 22.7 Å². The first kappa shape index (κ1) is 12.9. The third kappa shape index (κ3) is 3.24. The highest BCUT2D eigenvalue weighted by atomic mass is 35.5. The monoisotopic (exact) mass is 277 g/mol. The lowest BCUT2D eigenvalue weighted by molar-refractivity contribution is 1.22. The first-order valence-corrected chi connectivity index (χ1v) is 6.70. The number of halogens is 1. The first-order chi connectivity index (χ1) is 8.66. The van der Waals surface area contributed by atoms with Gasteiger partial charge in [0.1, 0.15) is 11.5 Å². The maximum absolute atomic E-state index is 7.35. The van der Waals surface area contributed by atoms with Crippen molar-refractivity contribution < 1.29 is 0 Å². The van der Waals surface area contributed by atoms with Crippen LogP contribution in [0.25, 0.3) is 0 Å². The summed E-state index contributed by atoms with van der Waals surface area (Å²) in [5, 5.41) is 8.10. The molecule has 0 bridgehead atoms. The molecule has 2 rings (SSSR count). The van der Waals surface area contributed by atoms with Crippen LogP contribution in [0.4, 0.5) is 0 Å². The summed E-state index contributed by atoms with van der Waals surface area (Å²) in [5.74, 6) is 0.756. The smallest absolute Gasteiger partial charge is 0.141 e. The molecule has 1 aromatic carbocycles. The molecule has 0 radical (unpaired) electrons. The maximum Gasteiger partial charge on any atom is 0.141 e. The zero-order chi connectivity index (χ0) is 13.0. The third-order valence-corrected chi connectivity index (χ3v) is 3.92. The van der Waals surface area contributed by atoms with Crippen molar-refractivity contribution in [3.8, 4) is 0 Å². The van der Waals surface area contributed by atoms with Crippen molar-refractivity contribution in [3.05, 3.63) is 58.9 Å². The van der Waals surface area contributed by atoms with Crippen LogP contribution >= 0.6 is 23.4 Å². The number of aromatic nitrogens is 1. The predicted octanol–water partition coefficient (Wildman–Crippen LogP) is 3.31.